The minimum Gasteiger partial charge on any atom is -0.382 e. The highest BCUT2D eigenvalue weighted by molar-refractivity contribution is 7.88. The highest BCUT2D eigenvalue weighted by atomic mass is 32.2. The van der Waals surface area contributed by atoms with Gasteiger partial charge in [-0.15, -0.1) is 0 Å². The Morgan fingerprint density at radius 2 is 2.16 bits per heavy atom. The number of sulfonamides is 1. The summed E-state index contributed by atoms with van der Waals surface area (Å²) >= 11 is 0. The van der Waals surface area contributed by atoms with Crippen molar-refractivity contribution in [3.63, 3.8) is 0 Å². The molecule has 112 valence electrons. The molecular weight excluding hydrogens is 266 g/mol. The van der Waals surface area contributed by atoms with Crippen molar-refractivity contribution in [3.8, 4) is 0 Å². The zero-order valence-electron chi connectivity index (χ0n) is 11.9. The summed E-state index contributed by atoms with van der Waals surface area (Å²) in [7, 11) is -3.12. The number of rotatable bonds is 8. The molecule has 1 aliphatic heterocycles. The molecule has 1 unspecified atom stereocenters. The molecule has 0 spiro atoms. The molecule has 1 heterocycles. The molecule has 0 radical (unpaired) electrons. The van der Waals surface area contributed by atoms with Crippen molar-refractivity contribution < 1.29 is 17.9 Å². The maximum absolute atomic E-state index is 11.8. The summed E-state index contributed by atoms with van der Waals surface area (Å²) in [5.41, 5.74) is 0. The van der Waals surface area contributed by atoms with Crippen molar-refractivity contribution in [1.29, 1.82) is 0 Å². The highest BCUT2D eigenvalue weighted by Crippen LogP contribution is 2.22. The Morgan fingerprint density at radius 1 is 1.42 bits per heavy atom. The van der Waals surface area contributed by atoms with E-state index in [1.165, 1.54) is 10.6 Å². The lowest BCUT2D eigenvalue weighted by atomic mass is 9.93. The van der Waals surface area contributed by atoms with Gasteiger partial charge in [-0.1, -0.05) is 0 Å². The first kappa shape index (κ1) is 16.6. The lowest BCUT2D eigenvalue weighted by molar-refractivity contribution is -0.120. The topological polar surface area (TPSA) is 63.7 Å². The number of ketones is 1. The van der Waals surface area contributed by atoms with E-state index < -0.39 is 10.0 Å². The zero-order valence-corrected chi connectivity index (χ0v) is 12.7. The van der Waals surface area contributed by atoms with E-state index in [1.807, 2.05) is 6.92 Å². The average molecular weight is 291 g/mol. The quantitative estimate of drug-likeness (QED) is 0.635. The molecule has 0 saturated carbocycles. The van der Waals surface area contributed by atoms with Crippen LogP contribution in [0.3, 0.4) is 0 Å². The third-order valence-electron chi connectivity index (χ3n) is 3.42. The molecule has 1 fully saturated rings. The van der Waals surface area contributed by atoms with Gasteiger partial charge >= 0.3 is 0 Å². The fraction of sp³-hybridized carbons (Fsp3) is 0.923. The van der Waals surface area contributed by atoms with Crippen molar-refractivity contribution in [2.75, 3.05) is 32.6 Å². The Labute approximate surface area is 116 Å². The van der Waals surface area contributed by atoms with Gasteiger partial charge in [-0.2, -0.15) is 0 Å². The summed E-state index contributed by atoms with van der Waals surface area (Å²) in [6.45, 7) is 4.33. The molecule has 6 heteroatoms. The summed E-state index contributed by atoms with van der Waals surface area (Å²) in [6, 6.07) is 0. The third-order valence-corrected chi connectivity index (χ3v) is 4.69. The monoisotopic (exact) mass is 291 g/mol. The molecule has 0 N–H and O–H groups in total. The van der Waals surface area contributed by atoms with Crippen LogP contribution in [0.15, 0.2) is 0 Å². The lowest BCUT2D eigenvalue weighted by Crippen LogP contribution is -2.39. The molecule has 1 atom stereocenters. The number of hydrogen-bond donors (Lipinski definition) is 0. The molecule has 1 rings (SSSR count). The van der Waals surface area contributed by atoms with E-state index in [9.17, 15) is 13.2 Å². The second-order valence-corrected chi connectivity index (χ2v) is 7.15. The van der Waals surface area contributed by atoms with E-state index in [4.69, 9.17) is 4.74 Å². The molecule has 0 bridgehead atoms. The number of piperidine rings is 1. The van der Waals surface area contributed by atoms with Crippen LogP contribution in [0, 0.1) is 5.92 Å². The van der Waals surface area contributed by atoms with Gasteiger partial charge in [0.05, 0.1) is 6.26 Å². The Hall–Kier alpha value is -0.460. The number of carbonyl (C=O) groups excluding carboxylic acids is 1. The van der Waals surface area contributed by atoms with Gasteiger partial charge in [0.1, 0.15) is 5.78 Å². The van der Waals surface area contributed by atoms with Gasteiger partial charge in [-0.05, 0) is 32.1 Å². The van der Waals surface area contributed by atoms with Crippen LogP contribution in [-0.2, 0) is 19.6 Å². The Morgan fingerprint density at radius 3 is 2.79 bits per heavy atom. The van der Waals surface area contributed by atoms with Gasteiger partial charge in [0.2, 0.25) is 10.0 Å². The molecule has 5 nitrogen and oxygen atoms in total. The normalized spacial score (nSPS) is 21.5. The van der Waals surface area contributed by atoms with Crippen LogP contribution in [-0.4, -0.2) is 51.1 Å². The van der Waals surface area contributed by atoms with Gasteiger partial charge in [-0.3, -0.25) is 4.79 Å². The van der Waals surface area contributed by atoms with E-state index in [2.05, 4.69) is 0 Å². The SMILES string of the molecule is CCOCCCC(=O)CC1CCCN(S(C)(=O)=O)C1. The maximum atomic E-state index is 11.8. The molecule has 1 aliphatic rings. The predicted molar refractivity (Wildman–Crippen MR) is 74.5 cm³/mol. The molecule has 0 aromatic heterocycles. The fourth-order valence-corrected chi connectivity index (χ4v) is 3.38. The number of Topliss-reactive ketones (excluding diaryl/α,β-unsaturated/α-hetero) is 1. The largest absolute Gasteiger partial charge is 0.382 e. The van der Waals surface area contributed by atoms with E-state index >= 15 is 0 Å². The molecular formula is C13H25NO4S. The number of nitrogens with zero attached hydrogens (tertiary/aromatic N) is 1. The van der Waals surface area contributed by atoms with E-state index in [0.29, 0.717) is 39.1 Å². The van der Waals surface area contributed by atoms with E-state index in [-0.39, 0.29) is 11.7 Å². The first-order valence-corrected chi connectivity index (χ1v) is 8.83. The van der Waals surface area contributed by atoms with Crippen molar-refractivity contribution in [3.05, 3.63) is 0 Å². The summed E-state index contributed by atoms with van der Waals surface area (Å²) in [4.78, 5) is 11.8. The average Bonchev–Trinajstić information content (AvgIpc) is 2.34. The third kappa shape index (κ3) is 6.49. The van der Waals surface area contributed by atoms with Gasteiger partial charge in [-0.25, -0.2) is 12.7 Å². The van der Waals surface area contributed by atoms with Crippen LogP contribution < -0.4 is 0 Å². The minimum absolute atomic E-state index is 0.183. The van der Waals surface area contributed by atoms with Crippen LogP contribution in [0.4, 0.5) is 0 Å². The van der Waals surface area contributed by atoms with Crippen LogP contribution in [0.5, 0.6) is 0 Å². The zero-order chi connectivity index (χ0) is 14.3. The molecule has 0 amide bonds. The van der Waals surface area contributed by atoms with E-state index in [1.54, 1.807) is 0 Å². The maximum Gasteiger partial charge on any atom is 0.211 e. The van der Waals surface area contributed by atoms with Crippen LogP contribution in [0.1, 0.15) is 39.0 Å². The first-order valence-electron chi connectivity index (χ1n) is 6.98. The fourth-order valence-electron chi connectivity index (χ4n) is 2.43. The van der Waals surface area contributed by atoms with Crippen LogP contribution >= 0.6 is 0 Å². The Kier molecular flexibility index (Phi) is 6.96. The van der Waals surface area contributed by atoms with Gasteiger partial charge in [0, 0.05) is 39.1 Å². The van der Waals surface area contributed by atoms with Crippen molar-refractivity contribution >= 4 is 15.8 Å². The van der Waals surface area contributed by atoms with Crippen LogP contribution in [0.2, 0.25) is 0 Å². The van der Waals surface area contributed by atoms with Crippen molar-refractivity contribution in [2.45, 2.75) is 39.0 Å². The number of ether oxygens (including phenoxy) is 1. The molecule has 0 aromatic rings. The minimum atomic E-state index is -3.12. The first-order chi connectivity index (χ1) is 8.93. The number of carbonyl (C=O) groups is 1. The molecule has 0 aliphatic carbocycles. The van der Waals surface area contributed by atoms with Gasteiger partial charge in [0.15, 0.2) is 0 Å². The van der Waals surface area contributed by atoms with Crippen molar-refractivity contribution in [1.82, 2.24) is 4.31 Å². The van der Waals surface area contributed by atoms with Crippen LogP contribution in [0.25, 0.3) is 0 Å². The Balaban J connectivity index is 2.30. The summed E-state index contributed by atoms with van der Waals surface area (Å²) in [6.07, 6.45) is 4.83. The second-order valence-electron chi connectivity index (χ2n) is 5.17. The highest BCUT2D eigenvalue weighted by Gasteiger charge is 2.26. The summed E-state index contributed by atoms with van der Waals surface area (Å²) in [5, 5.41) is 0. The Bertz CT molecular complexity index is 380. The molecule has 0 aromatic carbocycles. The second kappa shape index (κ2) is 7.97. The standard InChI is InChI=1S/C13H25NO4S/c1-3-18-9-5-7-13(15)10-12-6-4-8-14(11-12)19(2,16)17/h12H,3-11H2,1-2H3. The van der Waals surface area contributed by atoms with E-state index in [0.717, 1.165) is 19.3 Å². The number of hydrogen-bond acceptors (Lipinski definition) is 4. The predicted octanol–water partition coefficient (Wildman–Crippen LogP) is 1.43. The molecule has 19 heavy (non-hydrogen) atoms. The summed E-state index contributed by atoms with van der Waals surface area (Å²) < 4.78 is 29.7. The smallest absolute Gasteiger partial charge is 0.211 e. The molecule has 1 saturated heterocycles. The van der Waals surface area contributed by atoms with Gasteiger partial charge in [0.25, 0.3) is 0 Å². The lowest BCUT2D eigenvalue weighted by Gasteiger charge is -2.30. The van der Waals surface area contributed by atoms with Crippen molar-refractivity contribution in [2.24, 2.45) is 5.92 Å². The summed E-state index contributed by atoms with van der Waals surface area (Å²) in [5.74, 6) is 0.406. The van der Waals surface area contributed by atoms with Gasteiger partial charge < -0.3 is 4.74 Å².